The fourth-order valence-corrected chi connectivity index (χ4v) is 2.08. The predicted molar refractivity (Wildman–Crippen MR) is 57.4 cm³/mol. The van der Waals surface area contributed by atoms with E-state index < -0.39 is 6.10 Å². The van der Waals surface area contributed by atoms with Crippen LogP contribution in [-0.4, -0.2) is 59.6 Å². The summed E-state index contributed by atoms with van der Waals surface area (Å²) in [5, 5.41) is 9.19. The number of carbonyl (C=O) groups excluding carboxylic acids is 1. The Morgan fingerprint density at radius 3 is 2.40 bits per heavy atom. The Hall–Kier alpha value is -0.610. The molecule has 0 aromatic carbocycles. The third-order valence-corrected chi connectivity index (χ3v) is 3.25. The molecular weight excluding hydrogens is 192 g/mol. The maximum Gasteiger partial charge on any atom is 0.251 e. The van der Waals surface area contributed by atoms with E-state index in [0.29, 0.717) is 0 Å². The number of aliphatic hydroxyl groups excluding tert-OH is 1. The Morgan fingerprint density at radius 2 is 1.93 bits per heavy atom. The lowest BCUT2D eigenvalue weighted by Gasteiger charge is -2.35. The van der Waals surface area contributed by atoms with Gasteiger partial charge in [-0.1, -0.05) is 0 Å². The molecule has 1 heterocycles. The summed E-state index contributed by atoms with van der Waals surface area (Å²) in [4.78, 5) is 15.7. The minimum atomic E-state index is -0.847. The molecule has 0 aromatic rings. The largest absolute Gasteiger partial charge is 0.384 e. The zero-order chi connectivity index (χ0) is 10.8. The molecule has 0 aromatic heterocycles. The van der Waals surface area contributed by atoms with Crippen molar-refractivity contribution in [3.8, 4) is 0 Å². The molecule has 15 heavy (non-hydrogen) atoms. The highest BCUT2D eigenvalue weighted by atomic mass is 16.3. The molecule has 86 valence electrons. The third-order valence-electron chi connectivity index (χ3n) is 3.25. The van der Waals surface area contributed by atoms with Crippen LogP contribution in [0.25, 0.3) is 0 Å². The van der Waals surface area contributed by atoms with Crippen molar-refractivity contribution in [1.82, 2.24) is 9.80 Å². The van der Waals surface area contributed by atoms with Crippen molar-refractivity contribution in [3.63, 3.8) is 0 Å². The van der Waals surface area contributed by atoms with Gasteiger partial charge in [0.05, 0.1) is 0 Å². The molecule has 1 atom stereocenters. The Morgan fingerprint density at radius 1 is 1.33 bits per heavy atom. The van der Waals surface area contributed by atoms with Crippen LogP contribution in [0.4, 0.5) is 0 Å². The minimum Gasteiger partial charge on any atom is -0.384 e. The smallest absolute Gasteiger partial charge is 0.251 e. The first kappa shape index (κ1) is 10.9. The first-order chi connectivity index (χ1) is 7.16. The first-order valence-electron chi connectivity index (χ1n) is 5.86. The SMILES string of the molecule is CC(O)C(=O)N1CCN(CC2CC2)CC1. The van der Waals surface area contributed by atoms with Crippen molar-refractivity contribution in [2.24, 2.45) is 5.92 Å². The summed E-state index contributed by atoms with van der Waals surface area (Å²) in [5.74, 6) is 0.796. The van der Waals surface area contributed by atoms with E-state index in [-0.39, 0.29) is 5.91 Å². The number of hydrogen-bond donors (Lipinski definition) is 1. The van der Waals surface area contributed by atoms with Crippen molar-refractivity contribution >= 4 is 5.91 Å². The quantitative estimate of drug-likeness (QED) is 0.711. The summed E-state index contributed by atoms with van der Waals surface area (Å²) in [6, 6.07) is 0. The molecular formula is C11H20N2O2. The van der Waals surface area contributed by atoms with Gasteiger partial charge in [-0.15, -0.1) is 0 Å². The summed E-state index contributed by atoms with van der Waals surface area (Å²) in [5.41, 5.74) is 0. The number of nitrogens with zero attached hydrogens (tertiary/aromatic N) is 2. The minimum absolute atomic E-state index is 0.124. The molecule has 0 bridgehead atoms. The number of hydrogen-bond acceptors (Lipinski definition) is 3. The van der Waals surface area contributed by atoms with Crippen molar-refractivity contribution in [1.29, 1.82) is 0 Å². The van der Waals surface area contributed by atoms with Crippen LogP contribution in [0.3, 0.4) is 0 Å². The Labute approximate surface area is 90.9 Å². The molecule has 1 aliphatic heterocycles. The van der Waals surface area contributed by atoms with Crippen LogP contribution in [-0.2, 0) is 4.79 Å². The zero-order valence-electron chi connectivity index (χ0n) is 9.35. The van der Waals surface area contributed by atoms with Gasteiger partial charge in [-0.25, -0.2) is 0 Å². The lowest BCUT2D eigenvalue weighted by molar-refractivity contribution is -0.141. The standard InChI is InChI=1S/C11H20N2O2/c1-9(14)11(15)13-6-4-12(5-7-13)8-10-2-3-10/h9-10,14H,2-8H2,1H3. The van der Waals surface area contributed by atoms with Gasteiger partial charge in [0.2, 0.25) is 0 Å². The molecule has 2 rings (SSSR count). The van der Waals surface area contributed by atoms with Gasteiger partial charge in [-0.05, 0) is 25.7 Å². The number of rotatable bonds is 3. The van der Waals surface area contributed by atoms with E-state index in [1.807, 2.05) is 0 Å². The van der Waals surface area contributed by atoms with Gasteiger partial charge < -0.3 is 10.0 Å². The van der Waals surface area contributed by atoms with Gasteiger partial charge >= 0.3 is 0 Å². The van der Waals surface area contributed by atoms with Crippen molar-refractivity contribution in [2.45, 2.75) is 25.9 Å². The normalized spacial score (nSPS) is 25.3. The average Bonchev–Trinajstić information content (AvgIpc) is 3.02. The average molecular weight is 212 g/mol. The Kier molecular flexibility index (Phi) is 3.26. The second-order valence-corrected chi connectivity index (χ2v) is 4.75. The van der Waals surface area contributed by atoms with Crippen LogP contribution in [0, 0.1) is 5.92 Å². The number of aliphatic hydroxyl groups is 1. The van der Waals surface area contributed by atoms with Crippen molar-refractivity contribution in [2.75, 3.05) is 32.7 Å². The van der Waals surface area contributed by atoms with Crippen LogP contribution in [0.2, 0.25) is 0 Å². The van der Waals surface area contributed by atoms with Crippen LogP contribution in [0.5, 0.6) is 0 Å². The molecule has 1 aliphatic carbocycles. The van der Waals surface area contributed by atoms with Gasteiger partial charge in [0.15, 0.2) is 0 Å². The third kappa shape index (κ3) is 2.92. The first-order valence-corrected chi connectivity index (χ1v) is 5.86. The predicted octanol–water partition coefficient (Wildman–Crippen LogP) is -0.0786. The summed E-state index contributed by atoms with van der Waals surface area (Å²) < 4.78 is 0. The molecule has 4 nitrogen and oxygen atoms in total. The monoisotopic (exact) mass is 212 g/mol. The van der Waals surface area contributed by atoms with Crippen LogP contribution < -0.4 is 0 Å². The van der Waals surface area contributed by atoms with E-state index in [9.17, 15) is 9.90 Å². The van der Waals surface area contributed by atoms with Crippen LogP contribution >= 0.6 is 0 Å². The molecule has 1 saturated heterocycles. The van der Waals surface area contributed by atoms with Crippen LogP contribution in [0.15, 0.2) is 0 Å². The second kappa shape index (κ2) is 4.49. The fourth-order valence-electron chi connectivity index (χ4n) is 2.08. The molecule has 4 heteroatoms. The molecule has 0 radical (unpaired) electrons. The molecule has 2 aliphatic rings. The zero-order valence-corrected chi connectivity index (χ0v) is 9.35. The van der Waals surface area contributed by atoms with E-state index in [2.05, 4.69) is 4.90 Å². The summed E-state index contributed by atoms with van der Waals surface area (Å²) in [6.07, 6.45) is 1.92. The van der Waals surface area contributed by atoms with Crippen LogP contribution in [0.1, 0.15) is 19.8 Å². The summed E-state index contributed by atoms with van der Waals surface area (Å²) in [7, 11) is 0. The van der Waals surface area contributed by atoms with E-state index in [4.69, 9.17) is 0 Å². The maximum atomic E-state index is 11.5. The maximum absolute atomic E-state index is 11.5. The number of amides is 1. The molecule has 1 unspecified atom stereocenters. The van der Waals surface area contributed by atoms with Gasteiger partial charge in [0.25, 0.3) is 5.91 Å². The Balaban J connectivity index is 1.73. The van der Waals surface area contributed by atoms with Gasteiger partial charge in [-0.2, -0.15) is 0 Å². The van der Waals surface area contributed by atoms with E-state index in [1.54, 1.807) is 11.8 Å². The topological polar surface area (TPSA) is 43.8 Å². The lowest BCUT2D eigenvalue weighted by atomic mass is 10.2. The van der Waals surface area contributed by atoms with E-state index in [1.165, 1.54) is 19.4 Å². The molecule has 2 fully saturated rings. The molecule has 1 N–H and O–H groups in total. The molecule has 1 saturated carbocycles. The van der Waals surface area contributed by atoms with Crippen molar-refractivity contribution in [3.05, 3.63) is 0 Å². The summed E-state index contributed by atoms with van der Waals surface area (Å²) in [6.45, 7) is 6.23. The Bertz CT molecular complexity index is 231. The highest BCUT2D eigenvalue weighted by Gasteiger charge is 2.28. The number of piperazine rings is 1. The van der Waals surface area contributed by atoms with Gasteiger partial charge in [-0.3, -0.25) is 9.69 Å². The highest BCUT2D eigenvalue weighted by molar-refractivity contribution is 5.80. The van der Waals surface area contributed by atoms with E-state index >= 15 is 0 Å². The highest BCUT2D eigenvalue weighted by Crippen LogP contribution is 2.29. The fraction of sp³-hybridized carbons (Fsp3) is 0.909. The lowest BCUT2D eigenvalue weighted by Crippen LogP contribution is -2.51. The van der Waals surface area contributed by atoms with Gasteiger partial charge in [0, 0.05) is 32.7 Å². The second-order valence-electron chi connectivity index (χ2n) is 4.75. The van der Waals surface area contributed by atoms with Gasteiger partial charge in [0.1, 0.15) is 6.10 Å². The number of carbonyl (C=O) groups is 1. The molecule has 1 amide bonds. The molecule has 0 spiro atoms. The van der Waals surface area contributed by atoms with Crippen molar-refractivity contribution < 1.29 is 9.90 Å². The summed E-state index contributed by atoms with van der Waals surface area (Å²) >= 11 is 0. The van der Waals surface area contributed by atoms with E-state index in [0.717, 1.165) is 32.1 Å².